The molecule has 1 rings (SSSR count). The monoisotopic (exact) mass is 271 g/mol. The van der Waals surface area contributed by atoms with Crippen LogP contribution in [0.15, 0.2) is 24.3 Å². The van der Waals surface area contributed by atoms with Crippen LogP contribution in [0.1, 0.15) is 20.8 Å². The molecule has 0 aromatic heterocycles. The van der Waals surface area contributed by atoms with Gasteiger partial charge in [0.1, 0.15) is 12.4 Å². The van der Waals surface area contributed by atoms with Gasteiger partial charge in [-0.2, -0.15) is 0 Å². The first kappa shape index (κ1) is 15.3. The van der Waals surface area contributed by atoms with Crippen LogP contribution in [0.2, 0.25) is 5.02 Å². The van der Waals surface area contributed by atoms with E-state index in [9.17, 15) is 5.11 Å². The van der Waals surface area contributed by atoms with Crippen molar-refractivity contribution in [1.29, 1.82) is 0 Å². The summed E-state index contributed by atoms with van der Waals surface area (Å²) >= 11 is 5.80. The molecular weight excluding hydrogens is 250 g/mol. The minimum absolute atomic E-state index is 0.317. The molecule has 0 aliphatic heterocycles. The molecule has 1 unspecified atom stereocenters. The first-order chi connectivity index (χ1) is 8.49. The highest BCUT2D eigenvalue weighted by atomic mass is 35.5. The second-order valence-electron chi connectivity index (χ2n) is 4.74. The fraction of sp³-hybridized carbons (Fsp3) is 0.571. The minimum Gasteiger partial charge on any atom is -0.492 e. The Morgan fingerprint density at radius 3 is 2.33 bits per heavy atom. The first-order valence-electron chi connectivity index (χ1n) is 6.29. The van der Waals surface area contributed by atoms with Crippen molar-refractivity contribution in [3.63, 3.8) is 0 Å². The maximum atomic E-state index is 9.42. The van der Waals surface area contributed by atoms with Crippen molar-refractivity contribution in [3.8, 4) is 5.75 Å². The Labute approximate surface area is 114 Å². The highest BCUT2D eigenvalue weighted by Crippen LogP contribution is 2.15. The zero-order valence-corrected chi connectivity index (χ0v) is 12.0. The van der Waals surface area contributed by atoms with Crippen LogP contribution in [0.5, 0.6) is 5.75 Å². The van der Waals surface area contributed by atoms with Gasteiger partial charge in [0, 0.05) is 24.2 Å². The molecule has 0 bridgehead atoms. The van der Waals surface area contributed by atoms with Gasteiger partial charge in [0.05, 0.1) is 6.10 Å². The summed E-state index contributed by atoms with van der Waals surface area (Å²) in [5.41, 5.74) is 0. The van der Waals surface area contributed by atoms with E-state index in [1.165, 1.54) is 0 Å². The van der Waals surface area contributed by atoms with Gasteiger partial charge < -0.3 is 9.84 Å². The average molecular weight is 272 g/mol. The fourth-order valence-electron chi connectivity index (χ4n) is 1.71. The van der Waals surface area contributed by atoms with Crippen molar-refractivity contribution in [2.75, 3.05) is 19.7 Å². The number of aliphatic hydroxyl groups is 1. The third-order valence-corrected chi connectivity index (χ3v) is 2.94. The van der Waals surface area contributed by atoms with Crippen LogP contribution in [0, 0.1) is 0 Å². The summed E-state index contributed by atoms with van der Waals surface area (Å²) < 4.78 is 5.64. The summed E-state index contributed by atoms with van der Waals surface area (Å²) in [6.07, 6.45) is -0.317. The molecule has 0 aliphatic rings. The lowest BCUT2D eigenvalue weighted by Gasteiger charge is -2.27. The van der Waals surface area contributed by atoms with Crippen LogP contribution in [0.3, 0.4) is 0 Å². The van der Waals surface area contributed by atoms with Gasteiger partial charge in [-0.1, -0.05) is 11.6 Å². The largest absolute Gasteiger partial charge is 0.492 e. The number of nitrogens with zero attached hydrogens (tertiary/aromatic N) is 1. The zero-order valence-electron chi connectivity index (χ0n) is 11.3. The summed E-state index contributed by atoms with van der Waals surface area (Å²) in [6, 6.07) is 7.74. The SMILES string of the molecule is CC(O)CN(CCOc1ccc(Cl)cc1)C(C)C. The molecule has 1 atom stereocenters. The highest BCUT2D eigenvalue weighted by molar-refractivity contribution is 6.30. The van der Waals surface area contributed by atoms with Crippen LogP contribution in [0.4, 0.5) is 0 Å². The molecule has 3 nitrogen and oxygen atoms in total. The number of benzene rings is 1. The molecule has 0 radical (unpaired) electrons. The van der Waals surface area contributed by atoms with E-state index >= 15 is 0 Å². The second-order valence-corrected chi connectivity index (χ2v) is 5.18. The number of aliphatic hydroxyl groups excluding tert-OH is 1. The lowest BCUT2D eigenvalue weighted by Crippen LogP contribution is -2.39. The second kappa shape index (κ2) is 7.62. The van der Waals surface area contributed by atoms with Crippen molar-refractivity contribution < 1.29 is 9.84 Å². The number of halogens is 1. The normalized spacial score (nSPS) is 13.1. The van der Waals surface area contributed by atoms with Crippen LogP contribution < -0.4 is 4.74 Å². The summed E-state index contributed by atoms with van der Waals surface area (Å²) in [6.45, 7) is 8.10. The average Bonchev–Trinajstić information content (AvgIpc) is 2.29. The summed E-state index contributed by atoms with van der Waals surface area (Å²) in [5.74, 6) is 0.820. The van der Waals surface area contributed by atoms with Gasteiger partial charge >= 0.3 is 0 Å². The first-order valence-corrected chi connectivity index (χ1v) is 6.67. The maximum Gasteiger partial charge on any atom is 0.119 e. The minimum atomic E-state index is -0.317. The van der Waals surface area contributed by atoms with Crippen molar-refractivity contribution in [2.24, 2.45) is 0 Å². The Kier molecular flexibility index (Phi) is 6.47. The van der Waals surface area contributed by atoms with Crippen molar-refractivity contribution in [1.82, 2.24) is 4.90 Å². The Hall–Kier alpha value is -0.770. The smallest absolute Gasteiger partial charge is 0.119 e. The Morgan fingerprint density at radius 2 is 1.83 bits per heavy atom. The van der Waals surface area contributed by atoms with Gasteiger partial charge in [0.25, 0.3) is 0 Å². The molecule has 102 valence electrons. The predicted octanol–water partition coefficient (Wildman–Crippen LogP) is 2.81. The van der Waals surface area contributed by atoms with Crippen LogP contribution in [-0.2, 0) is 0 Å². The predicted molar refractivity (Wildman–Crippen MR) is 75.3 cm³/mol. The van der Waals surface area contributed by atoms with E-state index < -0.39 is 0 Å². The Balaban J connectivity index is 2.36. The van der Waals surface area contributed by atoms with Crippen molar-refractivity contribution in [3.05, 3.63) is 29.3 Å². The molecule has 1 aromatic carbocycles. The van der Waals surface area contributed by atoms with E-state index in [4.69, 9.17) is 16.3 Å². The molecule has 4 heteroatoms. The lowest BCUT2D eigenvalue weighted by molar-refractivity contribution is 0.0955. The van der Waals surface area contributed by atoms with Gasteiger partial charge in [-0.15, -0.1) is 0 Å². The standard InChI is InChI=1S/C14H22ClNO2/c1-11(2)16(10-12(3)17)8-9-18-14-6-4-13(15)5-7-14/h4-7,11-12,17H,8-10H2,1-3H3. The van der Waals surface area contributed by atoms with E-state index in [2.05, 4.69) is 18.7 Å². The number of hydrogen-bond donors (Lipinski definition) is 1. The van der Waals surface area contributed by atoms with Crippen LogP contribution >= 0.6 is 11.6 Å². The quantitative estimate of drug-likeness (QED) is 0.828. The molecule has 1 aromatic rings. The van der Waals surface area contributed by atoms with E-state index in [0.29, 0.717) is 24.2 Å². The Morgan fingerprint density at radius 1 is 1.22 bits per heavy atom. The molecule has 0 amide bonds. The Bertz CT molecular complexity index is 338. The summed E-state index contributed by atoms with van der Waals surface area (Å²) in [5, 5.41) is 10.1. The lowest BCUT2D eigenvalue weighted by atomic mass is 10.2. The van der Waals surface area contributed by atoms with Crippen molar-refractivity contribution >= 4 is 11.6 Å². The van der Waals surface area contributed by atoms with Crippen LogP contribution in [0.25, 0.3) is 0 Å². The molecule has 0 saturated heterocycles. The molecule has 0 saturated carbocycles. The zero-order chi connectivity index (χ0) is 13.5. The molecule has 0 fully saturated rings. The van der Waals surface area contributed by atoms with E-state index in [1.54, 1.807) is 6.92 Å². The van der Waals surface area contributed by atoms with Gasteiger partial charge in [-0.3, -0.25) is 4.90 Å². The number of rotatable bonds is 7. The van der Waals surface area contributed by atoms with E-state index in [1.807, 2.05) is 24.3 Å². The fourth-order valence-corrected chi connectivity index (χ4v) is 1.84. The van der Waals surface area contributed by atoms with Gasteiger partial charge in [-0.25, -0.2) is 0 Å². The third kappa shape index (κ3) is 5.71. The highest BCUT2D eigenvalue weighted by Gasteiger charge is 2.11. The molecule has 0 spiro atoms. The van der Waals surface area contributed by atoms with Gasteiger partial charge in [0.15, 0.2) is 0 Å². The molecular formula is C14H22ClNO2. The van der Waals surface area contributed by atoms with E-state index in [0.717, 1.165) is 12.3 Å². The van der Waals surface area contributed by atoms with Gasteiger partial charge in [0.2, 0.25) is 0 Å². The van der Waals surface area contributed by atoms with Gasteiger partial charge in [-0.05, 0) is 45.0 Å². The molecule has 18 heavy (non-hydrogen) atoms. The van der Waals surface area contributed by atoms with Crippen LogP contribution in [-0.4, -0.2) is 41.8 Å². The number of hydrogen-bond acceptors (Lipinski definition) is 3. The molecule has 0 heterocycles. The maximum absolute atomic E-state index is 9.42. The topological polar surface area (TPSA) is 32.7 Å². The molecule has 1 N–H and O–H groups in total. The van der Waals surface area contributed by atoms with Crippen molar-refractivity contribution in [2.45, 2.75) is 32.9 Å². The molecule has 0 aliphatic carbocycles. The summed E-state index contributed by atoms with van der Waals surface area (Å²) in [7, 11) is 0. The number of ether oxygens (including phenoxy) is 1. The van der Waals surface area contributed by atoms with E-state index in [-0.39, 0.29) is 6.10 Å². The summed E-state index contributed by atoms with van der Waals surface area (Å²) in [4.78, 5) is 2.20. The third-order valence-electron chi connectivity index (χ3n) is 2.69.